The predicted molar refractivity (Wildman–Crippen MR) is 54.8 cm³/mol. The highest BCUT2D eigenvalue weighted by Gasteiger charge is 2.35. The summed E-state index contributed by atoms with van der Waals surface area (Å²) in [6, 6.07) is 1.86. The van der Waals surface area contributed by atoms with Crippen molar-refractivity contribution >= 4 is 0 Å². The number of hydrogen-bond donors (Lipinski definition) is 0. The normalized spacial score (nSPS) is 34.3. The Morgan fingerprint density at radius 1 is 1.47 bits per heavy atom. The highest BCUT2D eigenvalue weighted by atomic mass is 16.5. The van der Waals surface area contributed by atoms with Crippen LogP contribution >= 0.6 is 0 Å². The lowest BCUT2D eigenvalue weighted by molar-refractivity contribution is -0.0113. The van der Waals surface area contributed by atoms with Gasteiger partial charge in [0.25, 0.3) is 5.88 Å². The summed E-state index contributed by atoms with van der Waals surface area (Å²) in [5.74, 6) is 2.17. The van der Waals surface area contributed by atoms with Gasteiger partial charge in [-0.2, -0.15) is 0 Å². The van der Waals surface area contributed by atoms with E-state index < -0.39 is 0 Å². The quantitative estimate of drug-likeness (QED) is 0.737. The van der Waals surface area contributed by atoms with E-state index in [-0.39, 0.29) is 0 Å². The molecule has 0 radical (unpaired) electrons. The van der Waals surface area contributed by atoms with Crippen LogP contribution < -0.4 is 4.74 Å². The van der Waals surface area contributed by atoms with E-state index in [1.807, 2.05) is 13.0 Å². The molecular formula is C11H16N2O2. The van der Waals surface area contributed by atoms with Crippen LogP contribution in [0, 0.1) is 12.8 Å². The Kier molecular flexibility index (Phi) is 2.16. The Bertz CT molecular complexity index is 342. The third-order valence-corrected chi connectivity index (χ3v) is 3.47. The van der Waals surface area contributed by atoms with Gasteiger partial charge in [-0.15, -0.1) is 0 Å². The van der Waals surface area contributed by atoms with E-state index in [4.69, 9.17) is 9.26 Å². The van der Waals surface area contributed by atoms with E-state index in [1.165, 1.54) is 25.9 Å². The van der Waals surface area contributed by atoms with Crippen molar-refractivity contribution in [3.8, 4) is 5.88 Å². The van der Waals surface area contributed by atoms with E-state index in [9.17, 15) is 0 Å². The summed E-state index contributed by atoms with van der Waals surface area (Å²) >= 11 is 0. The van der Waals surface area contributed by atoms with Gasteiger partial charge in [-0.25, -0.2) is 0 Å². The number of nitrogens with zero attached hydrogens (tertiary/aromatic N) is 2. The van der Waals surface area contributed by atoms with Crippen LogP contribution in [0.1, 0.15) is 18.6 Å². The predicted octanol–water partition coefficient (Wildman–Crippen LogP) is 1.46. The van der Waals surface area contributed by atoms with Crippen LogP contribution in [-0.2, 0) is 0 Å². The zero-order chi connectivity index (χ0) is 10.3. The lowest BCUT2D eigenvalue weighted by atomic mass is 9.86. The van der Waals surface area contributed by atoms with Crippen LogP contribution in [0.4, 0.5) is 0 Å². The molecule has 3 aliphatic heterocycles. The van der Waals surface area contributed by atoms with Crippen LogP contribution in [0.25, 0.3) is 0 Å². The van der Waals surface area contributed by atoms with Crippen LogP contribution in [0.2, 0.25) is 0 Å². The van der Waals surface area contributed by atoms with Crippen molar-refractivity contribution in [1.29, 1.82) is 0 Å². The molecule has 1 aromatic rings. The van der Waals surface area contributed by atoms with E-state index in [0.717, 1.165) is 12.3 Å². The fourth-order valence-corrected chi connectivity index (χ4v) is 2.60. The Morgan fingerprint density at radius 2 is 2.27 bits per heavy atom. The first kappa shape index (κ1) is 9.21. The second kappa shape index (κ2) is 3.52. The topological polar surface area (TPSA) is 38.5 Å². The average molecular weight is 208 g/mol. The van der Waals surface area contributed by atoms with Gasteiger partial charge in [0, 0.05) is 12.6 Å². The van der Waals surface area contributed by atoms with Gasteiger partial charge < -0.3 is 9.26 Å². The van der Waals surface area contributed by atoms with Gasteiger partial charge in [0.15, 0.2) is 0 Å². The van der Waals surface area contributed by atoms with Crippen molar-refractivity contribution in [2.75, 3.05) is 19.6 Å². The smallest absolute Gasteiger partial charge is 0.254 e. The molecule has 0 aromatic carbocycles. The molecule has 1 atom stereocenters. The first-order valence-corrected chi connectivity index (χ1v) is 5.63. The number of ether oxygens (including phenoxy) is 1. The molecule has 3 fully saturated rings. The van der Waals surface area contributed by atoms with E-state index >= 15 is 0 Å². The van der Waals surface area contributed by atoms with Crippen molar-refractivity contribution in [3.63, 3.8) is 0 Å². The molecule has 3 aliphatic rings. The molecule has 4 rings (SSSR count). The number of hydrogen-bond acceptors (Lipinski definition) is 4. The van der Waals surface area contributed by atoms with Crippen LogP contribution in [-0.4, -0.2) is 35.8 Å². The zero-order valence-corrected chi connectivity index (χ0v) is 8.98. The second-order valence-corrected chi connectivity index (χ2v) is 4.57. The first-order chi connectivity index (χ1) is 7.31. The molecule has 0 N–H and O–H groups in total. The number of piperidine rings is 3. The third-order valence-electron chi connectivity index (χ3n) is 3.47. The van der Waals surface area contributed by atoms with Crippen molar-refractivity contribution in [2.45, 2.75) is 25.9 Å². The van der Waals surface area contributed by atoms with Gasteiger partial charge in [-0.3, -0.25) is 4.90 Å². The minimum atomic E-state index is 0.317. The molecule has 0 amide bonds. The summed E-state index contributed by atoms with van der Waals surface area (Å²) in [7, 11) is 0. The Hall–Kier alpha value is -1.03. The summed E-state index contributed by atoms with van der Waals surface area (Å²) < 4.78 is 10.9. The molecule has 3 saturated heterocycles. The van der Waals surface area contributed by atoms with E-state index in [0.29, 0.717) is 17.9 Å². The molecule has 0 saturated carbocycles. The van der Waals surface area contributed by atoms with Gasteiger partial charge in [0.05, 0.1) is 0 Å². The molecule has 1 unspecified atom stereocenters. The zero-order valence-electron chi connectivity index (χ0n) is 8.98. The molecule has 4 nitrogen and oxygen atoms in total. The Balaban J connectivity index is 1.68. The summed E-state index contributed by atoms with van der Waals surface area (Å²) in [5, 5.41) is 3.88. The number of aryl methyl sites for hydroxylation is 1. The van der Waals surface area contributed by atoms with Gasteiger partial charge in [0.1, 0.15) is 11.9 Å². The molecular weight excluding hydrogens is 192 g/mol. The molecule has 4 heterocycles. The highest BCUT2D eigenvalue weighted by molar-refractivity contribution is 5.10. The average Bonchev–Trinajstić information content (AvgIpc) is 2.66. The summed E-state index contributed by atoms with van der Waals surface area (Å²) in [6.45, 7) is 5.41. The maximum absolute atomic E-state index is 5.86. The minimum Gasteiger partial charge on any atom is -0.471 e. The second-order valence-electron chi connectivity index (χ2n) is 4.57. The SMILES string of the molecule is Cc1cc(OC2CN3CCC2CC3)no1. The standard InChI is InChI=1S/C11H16N2O2/c1-8-6-11(12-15-8)14-10-7-13-4-2-9(10)3-5-13/h6,9-10H,2-5,7H2,1H3. The first-order valence-electron chi connectivity index (χ1n) is 5.63. The lowest BCUT2D eigenvalue weighted by Gasteiger charge is -2.43. The monoisotopic (exact) mass is 208 g/mol. The van der Waals surface area contributed by atoms with Gasteiger partial charge in [-0.1, -0.05) is 0 Å². The minimum absolute atomic E-state index is 0.317. The Morgan fingerprint density at radius 3 is 2.80 bits per heavy atom. The maximum atomic E-state index is 5.86. The van der Waals surface area contributed by atoms with Crippen molar-refractivity contribution in [1.82, 2.24) is 10.1 Å². The number of rotatable bonds is 2. The van der Waals surface area contributed by atoms with Gasteiger partial charge >= 0.3 is 0 Å². The molecule has 0 spiro atoms. The Labute approximate surface area is 89.2 Å². The molecule has 82 valence electrons. The fourth-order valence-electron chi connectivity index (χ4n) is 2.60. The number of fused-ring (bicyclic) bond motifs is 3. The van der Waals surface area contributed by atoms with Gasteiger partial charge in [-0.05, 0) is 43.9 Å². The van der Waals surface area contributed by atoms with E-state index in [1.54, 1.807) is 0 Å². The lowest BCUT2D eigenvalue weighted by Crippen LogP contribution is -2.52. The highest BCUT2D eigenvalue weighted by Crippen LogP contribution is 2.30. The molecule has 2 bridgehead atoms. The third kappa shape index (κ3) is 1.74. The summed E-state index contributed by atoms with van der Waals surface area (Å²) in [6.07, 6.45) is 2.85. The van der Waals surface area contributed by atoms with E-state index in [2.05, 4.69) is 10.1 Å². The van der Waals surface area contributed by atoms with Crippen molar-refractivity contribution in [3.05, 3.63) is 11.8 Å². The molecule has 4 heteroatoms. The fraction of sp³-hybridized carbons (Fsp3) is 0.727. The van der Waals surface area contributed by atoms with Crippen molar-refractivity contribution < 1.29 is 9.26 Å². The van der Waals surface area contributed by atoms with Crippen LogP contribution in [0.3, 0.4) is 0 Å². The largest absolute Gasteiger partial charge is 0.471 e. The summed E-state index contributed by atoms with van der Waals surface area (Å²) in [5.41, 5.74) is 0. The summed E-state index contributed by atoms with van der Waals surface area (Å²) in [4.78, 5) is 2.47. The molecule has 0 aliphatic carbocycles. The maximum Gasteiger partial charge on any atom is 0.254 e. The van der Waals surface area contributed by atoms with Crippen LogP contribution in [0.5, 0.6) is 5.88 Å². The molecule has 15 heavy (non-hydrogen) atoms. The number of aromatic nitrogens is 1. The van der Waals surface area contributed by atoms with Crippen LogP contribution in [0.15, 0.2) is 10.6 Å². The van der Waals surface area contributed by atoms with Crippen molar-refractivity contribution in [2.24, 2.45) is 5.92 Å². The molecule has 1 aromatic heterocycles. The van der Waals surface area contributed by atoms with Gasteiger partial charge in [0.2, 0.25) is 0 Å².